The van der Waals surface area contributed by atoms with Gasteiger partial charge in [-0.15, -0.1) is 0 Å². The average Bonchev–Trinajstić information content (AvgIpc) is 2.99. The van der Waals surface area contributed by atoms with E-state index in [-0.39, 0.29) is 22.2 Å². The van der Waals surface area contributed by atoms with Crippen molar-refractivity contribution in [3.8, 4) is 16.9 Å². The Bertz CT molecular complexity index is 1520. The predicted molar refractivity (Wildman–Crippen MR) is 163 cm³/mol. The van der Waals surface area contributed by atoms with Crippen LogP contribution in [0.2, 0.25) is 0 Å². The zero-order valence-corrected chi connectivity index (χ0v) is 25.5. The molecule has 216 valence electrons. The third-order valence-corrected chi connectivity index (χ3v) is 9.09. The van der Waals surface area contributed by atoms with Crippen molar-refractivity contribution < 1.29 is 18.3 Å². The van der Waals surface area contributed by atoms with E-state index in [1.807, 2.05) is 35.2 Å². The normalized spacial score (nSPS) is 21.6. The summed E-state index contributed by atoms with van der Waals surface area (Å²) in [6.45, 7) is 6.51. The van der Waals surface area contributed by atoms with Gasteiger partial charge >= 0.3 is 0 Å². The summed E-state index contributed by atoms with van der Waals surface area (Å²) in [5.41, 5.74) is 3.29. The number of hydrogen-bond acceptors (Lipinski definition) is 7. The first kappa shape index (κ1) is 28.4. The molecule has 3 aromatic carbocycles. The lowest BCUT2D eigenvalue weighted by Gasteiger charge is -2.35. The molecule has 6 rings (SSSR count). The minimum atomic E-state index is -0.549. The van der Waals surface area contributed by atoms with E-state index in [4.69, 9.17) is 19.5 Å². The summed E-state index contributed by atoms with van der Waals surface area (Å²) in [5, 5.41) is 1.38. The molecule has 41 heavy (non-hydrogen) atoms. The first-order valence-electron chi connectivity index (χ1n) is 14.0. The molecule has 3 heterocycles. The number of anilines is 1. The van der Waals surface area contributed by atoms with Gasteiger partial charge in [-0.25, -0.2) is 8.78 Å². The molecule has 0 N–H and O–H groups in total. The van der Waals surface area contributed by atoms with Gasteiger partial charge in [0.15, 0.2) is 0 Å². The number of para-hydroxylation sites is 1. The molecule has 3 aliphatic rings. The van der Waals surface area contributed by atoms with Gasteiger partial charge in [0, 0.05) is 56.9 Å². The van der Waals surface area contributed by atoms with Crippen LogP contribution in [0, 0.1) is 11.6 Å². The molecular formula is C31H34F2IN5O2. The van der Waals surface area contributed by atoms with Crippen molar-refractivity contribution in [3.05, 3.63) is 82.0 Å². The Morgan fingerprint density at radius 1 is 0.951 bits per heavy atom. The van der Waals surface area contributed by atoms with Crippen molar-refractivity contribution in [3.63, 3.8) is 0 Å². The maximum atomic E-state index is 15.3. The van der Waals surface area contributed by atoms with Gasteiger partial charge in [0.2, 0.25) is 0 Å². The quantitative estimate of drug-likeness (QED) is 0.225. The van der Waals surface area contributed by atoms with Crippen LogP contribution in [0.15, 0.2) is 58.5 Å². The van der Waals surface area contributed by atoms with E-state index < -0.39 is 11.6 Å². The second kappa shape index (κ2) is 12.3. The largest absolute Gasteiger partial charge is 0.495 e. The molecule has 0 radical (unpaired) electrons. The average molecular weight is 674 g/mol. The molecule has 2 atom stereocenters. The van der Waals surface area contributed by atoms with Crippen LogP contribution in [0.3, 0.4) is 0 Å². The number of hydrogen-bond donors (Lipinski definition) is 0. The Hall–Kier alpha value is -2.67. The van der Waals surface area contributed by atoms with Crippen LogP contribution in [-0.4, -0.2) is 80.5 Å². The number of methoxy groups -OCH3 is 1. The maximum Gasteiger partial charge on any atom is 0.142 e. The van der Waals surface area contributed by atoms with Gasteiger partial charge in [-0.3, -0.25) is 14.9 Å². The number of ether oxygens (including phenoxy) is 2. The molecule has 0 amide bonds. The number of likely N-dealkylation sites (N-methyl/N-ethyl adjacent to an activating group) is 1. The Morgan fingerprint density at radius 2 is 1.68 bits per heavy atom. The van der Waals surface area contributed by atoms with E-state index in [1.54, 1.807) is 7.11 Å². The highest BCUT2D eigenvalue weighted by Crippen LogP contribution is 2.36. The van der Waals surface area contributed by atoms with E-state index in [2.05, 4.69) is 45.5 Å². The van der Waals surface area contributed by atoms with Crippen molar-refractivity contribution >= 4 is 28.3 Å². The van der Waals surface area contributed by atoms with Crippen LogP contribution < -0.4 is 20.4 Å². The smallest absolute Gasteiger partial charge is 0.142 e. The summed E-state index contributed by atoms with van der Waals surface area (Å²) in [5.74, 6) is -0.264. The molecule has 10 heteroatoms. The first-order valence-corrected chi connectivity index (χ1v) is 15.2. The molecule has 2 fully saturated rings. The highest BCUT2D eigenvalue weighted by atomic mass is 127. The second-order valence-electron chi connectivity index (χ2n) is 10.8. The van der Waals surface area contributed by atoms with Crippen LogP contribution in [-0.2, 0) is 11.3 Å². The molecular weight excluding hydrogens is 639 g/mol. The molecule has 0 spiro atoms. The lowest BCUT2D eigenvalue weighted by Crippen LogP contribution is -2.44. The summed E-state index contributed by atoms with van der Waals surface area (Å²) < 4.78 is 41.6. The lowest BCUT2D eigenvalue weighted by atomic mass is 9.99. The minimum Gasteiger partial charge on any atom is -0.495 e. The lowest BCUT2D eigenvalue weighted by molar-refractivity contribution is 0.0332. The van der Waals surface area contributed by atoms with Gasteiger partial charge < -0.3 is 19.3 Å². The van der Waals surface area contributed by atoms with Gasteiger partial charge in [-0.2, -0.15) is 0 Å². The fourth-order valence-electron chi connectivity index (χ4n) is 5.72. The Morgan fingerprint density at radius 3 is 2.39 bits per heavy atom. The summed E-state index contributed by atoms with van der Waals surface area (Å²) in [7, 11) is 3.83. The number of halogens is 3. The number of alkyl halides is 1. The molecule has 2 unspecified atom stereocenters. The van der Waals surface area contributed by atoms with Crippen molar-refractivity contribution in [1.29, 1.82) is 0 Å². The Balaban J connectivity index is 1.36. The zero-order chi connectivity index (χ0) is 28.5. The summed E-state index contributed by atoms with van der Waals surface area (Å²) in [4.78, 5) is 16.8. The van der Waals surface area contributed by atoms with Crippen LogP contribution >= 0.6 is 22.6 Å². The third-order valence-electron chi connectivity index (χ3n) is 8.13. The standard InChI is InChI=1S/C31H34F2IN5O2/c1-37-8-10-39(11-9-37)27-18-20(6-7-28(27)40-2)29-31(34)35-26-5-3-4-22(30(26)36-29)21-16-24(32)23(25(33)17-21)19-38-12-14-41-15-13-38/h3-7,16-18,29,31H,8-15,19H2,1-2H3. The van der Waals surface area contributed by atoms with Gasteiger partial charge in [0.05, 0.1) is 36.7 Å². The van der Waals surface area contributed by atoms with Crippen LogP contribution in [0.5, 0.6) is 5.75 Å². The van der Waals surface area contributed by atoms with Crippen LogP contribution in [0.4, 0.5) is 14.5 Å². The Labute approximate surface area is 252 Å². The van der Waals surface area contributed by atoms with Crippen molar-refractivity contribution in [2.75, 3.05) is 71.5 Å². The van der Waals surface area contributed by atoms with Crippen LogP contribution in [0.1, 0.15) is 17.2 Å². The van der Waals surface area contributed by atoms with E-state index in [0.29, 0.717) is 42.8 Å². The predicted octanol–water partition coefficient (Wildman–Crippen LogP) is 3.98. The molecule has 0 saturated carbocycles. The summed E-state index contributed by atoms with van der Waals surface area (Å²) in [6, 6.07) is 14.4. The summed E-state index contributed by atoms with van der Waals surface area (Å²) >= 11 is 2.33. The molecule has 7 nitrogen and oxygen atoms in total. The number of piperazine rings is 1. The number of fused-ring (bicyclic) bond motifs is 1. The van der Waals surface area contributed by atoms with Gasteiger partial charge in [-0.05, 0) is 48.5 Å². The topological polar surface area (TPSA) is 52.9 Å². The van der Waals surface area contributed by atoms with Crippen LogP contribution in [0.25, 0.3) is 11.1 Å². The highest BCUT2D eigenvalue weighted by molar-refractivity contribution is 14.1. The van der Waals surface area contributed by atoms with Crippen molar-refractivity contribution in [2.24, 2.45) is 9.98 Å². The van der Waals surface area contributed by atoms with Gasteiger partial charge in [-0.1, -0.05) is 40.8 Å². The van der Waals surface area contributed by atoms with E-state index in [1.165, 1.54) is 12.1 Å². The number of nitrogens with zero attached hydrogens (tertiary/aromatic N) is 5. The number of rotatable bonds is 6. The first-order chi connectivity index (χ1) is 19.9. The molecule has 0 aromatic heterocycles. The van der Waals surface area contributed by atoms with Crippen molar-refractivity contribution in [2.45, 2.75) is 16.6 Å². The fourth-order valence-corrected chi connectivity index (χ4v) is 6.60. The van der Waals surface area contributed by atoms with E-state index in [9.17, 15) is 0 Å². The molecule has 0 aliphatic carbocycles. The van der Waals surface area contributed by atoms with Gasteiger partial charge in [0.1, 0.15) is 27.5 Å². The van der Waals surface area contributed by atoms with E-state index in [0.717, 1.165) is 48.5 Å². The number of benzene rings is 3. The van der Waals surface area contributed by atoms with E-state index >= 15 is 8.78 Å². The molecule has 0 bridgehead atoms. The molecule has 2 saturated heterocycles. The minimum absolute atomic E-state index is 0.0851. The Kier molecular flexibility index (Phi) is 8.52. The SMILES string of the molecule is COc1ccc(C2N=c3c(-c4cc(F)c(CN5CCOCC5)c(F)c4)cccc3=NC2I)cc1N1CCN(C)CC1. The maximum absolute atomic E-state index is 15.3. The number of morpholine rings is 1. The second-order valence-corrected chi connectivity index (χ2v) is 12.1. The molecule has 3 aromatic rings. The van der Waals surface area contributed by atoms with Gasteiger partial charge in [0.25, 0.3) is 0 Å². The van der Waals surface area contributed by atoms with Crippen molar-refractivity contribution in [1.82, 2.24) is 9.80 Å². The fraction of sp³-hybridized carbons (Fsp3) is 0.419. The molecule has 3 aliphatic heterocycles. The summed E-state index contributed by atoms with van der Waals surface area (Å²) in [6.07, 6.45) is 0. The highest BCUT2D eigenvalue weighted by Gasteiger charge is 2.26. The monoisotopic (exact) mass is 673 g/mol. The zero-order valence-electron chi connectivity index (χ0n) is 23.3. The third kappa shape index (κ3) is 5.97.